The molecule has 1 amide bonds. The van der Waals surface area contributed by atoms with Gasteiger partial charge in [-0.05, 0) is 31.2 Å². The first-order chi connectivity index (χ1) is 10.1. The van der Waals surface area contributed by atoms with Gasteiger partial charge in [-0.2, -0.15) is 0 Å². The summed E-state index contributed by atoms with van der Waals surface area (Å²) in [4.78, 5) is 13.8. The number of piperidine rings is 1. The molecule has 0 aromatic heterocycles. The van der Waals surface area contributed by atoms with E-state index >= 15 is 0 Å². The van der Waals surface area contributed by atoms with Crippen LogP contribution in [0, 0.1) is 0 Å². The summed E-state index contributed by atoms with van der Waals surface area (Å²) in [5.41, 5.74) is 5.67. The maximum absolute atomic E-state index is 11.9. The number of hydrogen-bond donors (Lipinski definition) is 1. The fourth-order valence-corrected chi connectivity index (χ4v) is 2.47. The summed E-state index contributed by atoms with van der Waals surface area (Å²) in [5.74, 6) is 1.81. The molecule has 5 nitrogen and oxygen atoms in total. The molecule has 116 valence electrons. The van der Waals surface area contributed by atoms with Gasteiger partial charge in [0.15, 0.2) is 0 Å². The van der Waals surface area contributed by atoms with Crippen molar-refractivity contribution >= 4 is 5.91 Å². The number of carbonyl (C=O) groups excluding carboxylic acids is 1. The first-order valence-corrected chi connectivity index (χ1v) is 7.42. The van der Waals surface area contributed by atoms with Crippen LogP contribution in [0.25, 0.3) is 0 Å². The van der Waals surface area contributed by atoms with E-state index in [9.17, 15) is 4.79 Å². The number of methoxy groups -OCH3 is 1. The fraction of sp³-hybridized carbons (Fsp3) is 0.562. The maximum Gasteiger partial charge on any atom is 0.224 e. The Morgan fingerprint density at radius 3 is 2.38 bits per heavy atom. The zero-order valence-corrected chi connectivity index (χ0v) is 12.7. The molecule has 1 heterocycles. The SMILES string of the molecule is COc1ccc(OC2CCN(C(=O)CC(C)N)CC2)cc1. The summed E-state index contributed by atoms with van der Waals surface area (Å²) in [7, 11) is 1.64. The predicted molar refractivity (Wildman–Crippen MR) is 81.5 cm³/mol. The number of amides is 1. The number of hydrogen-bond acceptors (Lipinski definition) is 4. The summed E-state index contributed by atoms with van der Waals surface area (Å²) in [6, 6.07) is 7.51. The molecule has 1 atom stereocenters. The van der Waals surface area contributed by atoms with Crippen LogP contribution in [0.3, 0.4) is 0 Å². The van der Waals surface area contributed by atoms with E-state index in [1.807, 2.05) is 36.1 Å². The highest BCUT2D eigenvalue weighted by molar-refractivity contribution is 5.76. The van der Waals surface area contributed by atoms with Gasteiger partial charge in [-0.1, -0.05) is 0 Å². The predicted octanol–water partition coefficient (Wildman–Crippen LogP) is 1.80. The zero-order chi connectivity index (χ0) is 15.2. The van der Waals surface area contributed by atoms with Gasteiger partial charge in [0.25, 0.3) is 0 Å². The van der Waals surface area contributed by atoms with E-state index in [2.05, 4.69) is 0 Å². The number of nitrogens with zero attached hydrogens (tertiary/aromatic N) is 1. The Bertz CT molecular complexity index is 451. The Morgan fingerprint density at radius 2 is 1.86 bits per heavy atom. The molecule has 0 spiro atoms. The first kappa shape index (κ1) is 15.6. The summed E-state index contributed by atoms with van der Waals surface area (Å²) in [6.07, 6.45) is 2.30. The average Bonchev–Trinajstić information content (AvgIpc) is 2.48. The van der Waals surface area contributed by atoms with Gasteiger partial charge in [0.2, 0.25) is 5.91 Å². The van der Waals surface area contributed by atoms with Gasteiger partial charge in [-0.15, -0.1) is 0 Å². The Labute approximate surface area is 126 Å². The average molecular weight is 292 g/mol. The normalized spacial score (nSPS) is 17.4. The molecule has 1 aromatic carbocycles. The summed E-state index contributed by atoms with van der Waals surface area (Å²) in [6.45, 7) is 3.34. The minimum Gasteiger partial charge on any atom is -0.497 e. The molecule has 1 aromatic rings. The molecule has 0 bridgehead atoms. The third-order valence-corrected chi connectivity index (χ3v) is 3.65. The standard InChI is InChI=1S/C16H24N2O3/c1-12(17)11-16(19)18-9-7-15(8-10-18)21-14-5-3-13(20-2)4-6-14/h3-6,12,15H,7-11,17H2,1-2H3. The Balaban J connectivity index is 1.79. The largest absolute Gasteiger partial charge is 0.497 e. The van der Waals surface area contributed by atoms with Gasteiger partial charge in [-0.25, -0.2) is 0 Å². The topological polar surface area (TPSA) is 64.8 Å². The summed E-state index contributed by atoms with van der Waals surface area (Å²) >= 11 is 0. The number of carbonyl (C=O) groups is 1. The van der Waals surface area contributed by atoms with E-state index in [1.54, 1.807) is 7.11 Å². The molecule has 2 N–H and O–H groups in total. The van der Waals surface area contributed by atoms with Crippen molar-refractivity contribution in [2.45, 2.75) is 38.3 Å². The van der Waals surface area contributed by atoms with Crippen LogP contribution in [0.5, 0.6) is 11.5 Å². The zero-order valence-electron chi connectivity index (χ0n) is 12.7. The lowest BCUT2D eigenvalue weighted by atomic mass is 10.1. The van der Waals surface area contributed by atoms with Gasteiger partial charge in [0.1, 0.15) is 17.6 Å². The van der Waals surface area contributed by atoms with Crippen molar-refractivity contribution in [3.05, 3.63) is 24.3 Å². The second kappa shape index (κ2) is 7.31. The van der Waals surface area contributed by atoms with Crippen molar-refractivity contribution in [1.82, 2.24) is 4.90 Å². The lowest BCUT2D eigenvalue weighted by Crippen LogP contribution is -2.43. The molecule has 1 fully saturated rings. The molecule has 5 heteroatoms. The lowest BCUT2D eigenvalue weighted by molar-refractivity contribution is -0.133. The highest BCUT2D eigenvalue weighted by Gasteiger charge is 2.24. The minimum atomic E-state index is -0.0780. The maximum atomic E-state index is 11.9. The Morgan fingerprint density at radius 1 is 1.29 bits per heavy atom. The monoisotopic (exact) mass is 292 g/mol. The van der Waals surface area contributed by atoms with E-state index in [1.165, 1.54) is 0 Å². The van der Waals surface area contributed by atoms with Crippen molar-refractivity contribution < 1.29 is 14.3 Å². The van der Waals surface area contributed by atoms with Gasteiger partial charge >= 0.3 is 0 Å². The molecule has 2 rings (SSSR count). The van der Waals surface area contributed by atoms with Crippen LogP contribution in [-0.2, 0) is 4.79 Å². The summed E-state index contributed by atoms with van der Waals surface area (Å²) in [5, 5.41) is 0. The smallest absolute Gasteiger partial charge is 0.224 e. The van der Waals surface area contributed by atoms with Gasteiger partial charge in [0, 0.05) is 38.4 Å². The Kier molecular flexibility index (Phi) is 5.44. The second-order valence-corrected chi connectivity index (χ2v) is 5.55. The first-order valence-electron chi connectivity index (χ1n) is 7.42. The van der Waals surface area contributed by atoms with Crippen LogP contribution >= 0.6 is 0 Å². The summed E-state index contributed by atoms with van der Waals surface area (Å²) < 4.78 is 11.1. The molecule has 1 unspecified atom stereocenters. The quantitative estimate of drug-likeness (QED) is 0.899. The van der Waals surface area contributed by atoms with E-state index < -0.39 is 0 Å². The van der Waals surface area contributed by atoms with Crippen LogP contribution in [0.2, 0.25) is 0 Å². The Hall–Kier alpha value is -1.75. The third-order valence-electron chi connectivity index (χ3n) is 3.65. The molecule has 0 radical (unpaired) electrons. The highest BCUT2D eigenvalue weighted by Crippen LogP contribution is 2.22. The van der Waals surface area contributed by atoms with Crippen LogP contribution in [-0.4, -0.2) is 43.2 Å². The molecule has 0 aliphatic carbocycles. The van der Waals surface area contributed by atoms with E-state index in [0.29, 0.717) is 6.42 Å². The lowest BCUT2D eigenvalue weighted by Gasteiger charge is -2.32. The molecule has 21 heavy (non-hydrogen) atoms. The van der Waals surface area contributed by atoms with Gasteiger partial charge in [0.05, 0.1) is 7.11 Å². The van der Waals surface area contributed by atoms with Crippen LogP contribution in [0.4, 0.5) is 0 Å². The van der Waals surface area contributed by atoms with E-state index in [0.717, 1.165) is 37.4 Å². The number of nitrogens with two attached hydrogens (primary N) is 1. The number of benzene rings is 1. The van der Waals surface area contributed by atoms with Crippen molar-refractivity contribution in [3.63, 3.8) is 0 Å². The van der Waals surface area contributed by atoms with Gasteiger partial charge in [-0.3, -0.25) is 4.79 Å². The van der Waals surface area contributed by atoms with Crippen LogP contribution < -0.4 is 15.2 Å². The van der Waals surface area contributed by atoms with Crippen molar-refractivity contribution in [2.75, 3.05) is 20.2 Å². The molecule has 0 saturated carbocycles. The van der Waals surface area contributed by atoms with Crippen LogP contribution in [0.15, 0.2) is 24.3 Å². The van der Waals surface area contributed by atoms with Crippen LogP contribution in [0.1, 0.15) is 26.2 Å². The number of likely N-dealkylation sites (tertiary alicyclic amines) is 1. The molecule has 1 saturated heterocycles. The fourth-order valence-electron chi connectivity index (χ4n) is 2.47. The number of rotatable bonds is 5. The second-order valence-electron chi connectivity index (χ2n) is 5.55. The highest BCUT2D eigenvalue weighted by atomic mass is 16.5. The van der Waals surface area contributed by atoms with Crippen molar-refractivity contribution in [2.24, 2.45) is 5.73 Å². The van der Waals surface area contributed by atoms with Gasteiger partial charge < -0.3 is 20.1 Å². The molecular weight excluding hydrogens is 268 g/mol. The van der Waals surface area contributed by atoms with E-state index in [-0.39, 0.29) is 18.1 Å². The molecule has 1 aliphatic rings. The molecule has 1 aliphatic heterocycles. The van der Waals surface area contributed by atoms with Crippen molar-refractivity contribution in [1.29, 1.82) is 0 Å². The van der Waals surface area contributed by atoms with Crippen molar-refractivity contribution in [3.8, 4) is 11.5 Å². The minimum absolute atomic E-state index is 0.0780. The number of ether oxygens (including phenoxy) is 2. The third kappa shape index (κ3) is 4.63. The van der Waals surface area contributed by atoms with E-state index in [4.69, 9.17) is 15.2 Å². The molecular formula is C16H24N2O3.